The Morgan fingerprint density at radius 3 is 2.26 bits per heavy atom. The topological polar surface area (TPSA) is 32.6 Å². The zero-order valence-electron chi connectivity index (χ0n) is 12.4. The molecule has 1 aromatic carbocycles. The van der Waals surface area contributed by atoms with E-state index in [1.165, 1.54) is 17.5 Å². The average molecular weight is 259 g/mol. The van der Waals surface area contributed by atoms with Gasteiger partial charge in [0.15, 0.2) is 0 Å². The van der Waals surface area contributed by atoms with Crippen LogP contribution in [0.3, 0.4) is 0 Å². The van der Waals surface area contributed by atoms with Crippen LogP contribution in [0, 0.1) is 13.8 Å². The Bertz CT molecular complexity index is 450. The fraction of sp³-hybridized carbons (Fsp3) is 0.588. The van der Waals surface area contributed by atoms with Crippen LogP contribution in [0.5, 0.6) is 0 Å². The molecule has 1 aliphatic rings. The number of nitrogens with zero attached hydrogens (tertiary/aromatic N) is 1. The second-order valence-corrected chi connectivity index (χ2v) is 5.74. The maximum absolute atomic E-state index is 10.8. The van der Waals surface area contributed by atoms with Crippen molar-refractivity contribution in [3.8, 4) is 0 Å². The van der Waals surface area contributed by atoms with E-state index in [0.29, 0.717) is 0 Å². The Labute approximate surface area is 116 Å². The van der Waals surface area contributed by atoms with Crippen LogP contribution in [0.15, 0.2) is 23.2 Å². The van der Waals surface area contributed by atoms with Gasteiger partial charge in [-0.15, -0.1) is 0 Å². The molecule has 0 unspecified atom stereocenters. The number of aliphatic imine (C=N–C) groups is 1. The summed E-state index contributed by atoms with van der Waals surface area (Å²) >= 11 is 0. The van der Waals surface area contributed by atoms with Crippen LogP contribution in [-0.2, 0) is 0 Å². The number of para-hydroxylation sites is 1. The van der Waals surface area contributed by atoms with Crippen LogP contribution in [0.25, 0.3) is 0 Å². The van der Waals surface area contributed by atoms with E-state index in [2.05, 4.69) is 39.0 Å². The molecule has 0 spiro atoms. The van der Waals surface area contributed by atoms with Crippen molar-refractivity contribution >= 4 is 11.4 Å². The van der Waals surface area contributed by atoms with Crippen molar-refractivity contribution in [3.05, 3.63) is 29.3 Å². The van der Waals surface area contributed by atoms with E-state index >= 15 is 0 Å². The molecule has 2 heteroatoms. The van der Waals surface area contributed by atoms with Gasteiger partial charge in [-0.05, 0) is 44.2 Å². The number of benzene rings is 1. The second kappa shape index (κ2) is 5.87. The highest BCUT2D eigenvalue weighted by Crippen LogP contribution is 2.33. The molecule has 0 amide bonds. The molecule has 2 rings (SSSR count). The molecule has 0 aliphatic heterocycles. The van der Waals surface area contributed by atoms with Crippen LogP contribution >= 0.6 is 0 Å². The van der Waals surface area contributed by atoms with Crippen molar-refractivity contribution in [3.63, 3.8) is 0 Å². The zero-order chi connectivity index (χ0) is 13.9. The fourth-order valence-corrected chi connectivity index (χ4v) is 3.05. The maximum Gasteiger partial charge on any atom is 0.103 e. The molecule has 2 nitrogen and oxygen atoms in total. The molecule has 0 radical (unpaired) electrons. The highest BCUT2D eigenvalue weighted by molar-refractivity contribution is 5.94. The van der Waals surface area contributed by atoms with Gasteiger partial charge in [-0.3, -0.25) is 4.99 Å². The summed E-state index contributed by atoms with van der Waals surface area (Å²) in [6.45, 7) is 6.27. The molecule has 1 aliphatic carbocycles. The summed E-state index contributed by atoms with van der Waals surface area (Å²) in [4.78, 5) is 4.84. The van der Waals surface area contributed by atoms with Gasteiger partial charge >= 0.3 is 0 Å². The number of hydrogen-bond donors (Lipinski definition) is 1. The molecule has 104 valence electrons. The Morgan fingerprint density at radius 1 is 1.16 bits per heavy atom. The molecule has 0 bridgehead atoms. The first-order valence-electron chi connectivity index (χ1n) is 7.43. The lowest BCUT2D eigenvalue weighted by atomic mass is 9.80. The van der Waals surface area contributed by atoms with Crippen molar-refractivity contribution in [1.29, 1.82) is 0 Å². The molecular weight excluding hydrogens is 234 g/mol. The van der Waals surface area contributed by atoms with Gasteiger partial charge in [0, 0.05) is 5.71 Å². The van der Waals surface area contributed by atoms with Gasteiger partial charge in [-0.25, -0.2) is 0 Å². The highest BCUT2D eigenvalue weighted by Gasteiger charge is 2.33. The predicted molar refractivity (Wildman–Crippen MR) is 81.3 cm³/mol. The smallest absolute Gasteiger partial charge is 0.103 e. The number of hydrogen-bond acceptors (Lipinski definition) is 2. The summed E-state index contributed by atoms with van der Waals surface area (Å²) in [6, 6.07) is 6.23. The molecule has 1 N–H and O–H groups in total. The van der Waals surface area contributed by atoms with E-state index in [1.807, 2.05) is 0 Å². The second-order valence-electron chi connectivity index (χ2n) is 5.74. The number of rotatable bonds is 3. The summed E-state index contributed by atoms with van der Waals surface area (Å²) in [5, 5.41) is 10.8. The normalized spacial score (nSPS) is 19.5. The van der Waals surface area contributed by atoms with Crippen molar-refractivity contribution in [1.82, 2.24) is 0 Å². The average Bonchev–Trinajstić information content (AvgIpc) is 2.39. The first-order valence-corrected chi connectivity index (χ1v) is 7.43. The monoisotopic (exact) mass is 259 g/mol. The number of aliphatic hydroxyl groups is 1. The van der Waals surface area contributed by atoms with Crippen molar-refractivity contribution in [2.24, 2.45) is 4.99 Å². The molecular formula is C17H25NO. The predicted octanol–water partition coefficient (Wildman–Crippen LogP) is 4.48. The molecule has 1 saturated carbocycles. The third-order valence-corrected chi connectivity index (χ3v) is 4.24. The van der Waals surface area contributed by atoms with Crippen LogP contribution in [-0.4, -0.2) is 16.4 Å². The minimum atomic E-state index is -0.665. The Kier molecular flexibility index (Phi) is 4.41. The lowest BCUT2D eigenvalue weighted by Gasteiger charge is -2.33. The van der Waals surface area contributed by atoms with Gasteiger partial charge in [0.2, 0.25) is 0 Å². The third-order valence-electron chi connectivity index (χ3n) is 4.24. The van der Waals surface area contributed by atoms with Crippen molar-refractivity contribution < 1.29 is 5.11 Å². The van der Waals surface area contributed by atoms with E-state index in [9.17, 15) is 5.11 Å². The van der Waals surface area contributed by atoms with E-state index < -0.39 is 5.60 Å². The molecule has 0 heterocycles. The maximum atomic E-state index is 10.8. The molecule has 1 aromatic rings. The summed E-state index contributed by atoms with van der Waals surface area (Å²) in [6.07, 6.45) is 6.02. The first-order chi connectivity index (χ1) is 9.07. The van der Waals surface area contributed by atoms with E-state index in [1.54, 1.807) is 0 Å². The molecule has 0 atom stereocenters. The minimum Gasteiger partial charge on any atom is -0.384 e. The quantitative estimate of drug-likeness (QED) is 0.797. The van der Waals surface area contributed by atoms with Crippen molar-refractivity contribution in [2.75, 3.05) is 0 Å². The summed E-state index contributed by atoms with van der Waals surface area (Å²) in [5.74, 6) is 0. The van der Waals surface area contributed by atoms with Gasteiger partial charge in [0.25, 0.3) is 0 Å². The highest BCUT2D eigenvalue weighted by atomic mass is 16.3. The third kappa shape index (κ3) is 3.06. The van der Waals surface area contributed by atoms with Crippen LogP contribution < -0.4 is 0 Å². The van der Waals surface area contributed by atoms with Gasteiger partial charge in [0.1, 0.15) is 5.60 Å². The van der Waals surface area contributed by atoms with Crippen LogP contribution in [0.2, 0.25) is 0 Å². The van der Waals surface area contributed by atoms with Gasteiger partial charge in [-0.1, -0.05) is 44.4 Å². The molecule has 0 saturated heterocycles. The SMILES string of the molecule is CCC(=Nc1c(C)cccc1C)C1(O)CCCCC1. The summed E-state index contributed by atoms with van der Waals surface area (Å²) in [5.41, 5.74) is 3.71. The summed E-state index contributed by atoms with van der Waals surface area (Å²) in [7, 11) is 0. The Morgan fingerprint density at radius 2 is 1.74 bits per heavy atom. The Hall–Kier alpha value is -1.15. The van der Waals surface area contributed by atoms with Gasteiger partial charge in [-0.2, -0.15) is 0 Å². The molecule has 19 heavy (non-hydrogen) atoms. The van der Waals surface area contributed by atoms with Crippen LogP contribution in [0.4, 0.5) is 5.69 Å². The largest absolute Gasteiger partial charge is 0.384 e. The fourth-order valence-electron chi connectivity index (χ4n) is 3.05. The van der Waals surface area contributed by atoms with Crippen LogP contribution in [0.1, 0.15) is 56.6 Å². The van der Waals surface area contributed by atoms with E-state index in [-0.39, 0.29) is 0 Å². The standard InChI is InChI=1S/C17H25NO/c1-4-15(17(19)11-6-5-7-12-17)18-16-13(2)9-8-10-14(16)3/h8-10,19H,4-7,11-12H2,1-3H3. The lowest BCUT2D eigenvalue weighted by Crippen LogP contribution is -2.40. The zero-order valence-corrected chi connectivity index (χ0v) is 12.4. The van der Waals surface area contributed by atoms with Crippen molar-refractivity contribution in [2.45, 2.75) is 64.9 Å². The first kappa shape index (κ1) is 14.3. The van der Waals surface area contributed by atoms with E-state index in [0.717, 1.165) is 43.5 Å². The van der Waals surface area contributed by atoms with E-state index in [4.69, 9.17) is 4.99 Å². The Balaban J connectivity index is 2.38. The van der Waals surface area contributed by atoms with Gasteiger partial charge < -0.3 is 5.11 Å². The minimum absolute atomic E-state index is 0.665. The summed E-state index contributed by atoms with van der Waals surface area (Å²) < 4.78 is 0. The molecule has 1 fully saturated rings. The molecule has 0 aromatic heterocycles. The number of aryl methyl sites for hydroxylation is 2. The lowest BCUT2D eigenvalue weighted by molar-refractivity contribution is 0.0692. The van der Waals surface area contributed by atoms with Gasteiger partial charge in [0.05, 0.1) is 5.69 Å².